The summed E-state index contributed by atoms with van der Waals surface area (Å²) in [5.41, 5.74) is 2.48. The second kappa shape index (κ2) is 6.84. The lowest BCUT2D eigenvalue weighted by Crippen LogP contribution is -2.53. The van der Waals surface area contributed by atoms with Gasteiger partial charge in [-0.05, 0) is 43.5 Å². The largest absolute Gasteiger partial charge is 0.350 e. The fraction of sp³-hybridized carbons (Fsp3) is 0.400. The number of carbonyl (C=O) groups excluding carboxylic acids is 1. The minimum absolute atomic E-state index is 0.185. The van der Waals surface area contributed by atoms with Crippen molar-refractivity contribution in [3.05, 3.63) is 69.6 Å². The lowest BCUT2D eigenvalue weighted by molar-refractivity contribution is 0.0824. The Morgan fingerprint density at radius 2 is 1.88 bits per heavy atom. The molecule has 0 saturated heterocycles. The summed E-state index contributed by atoms with van der Waals surface area (Å²) in [4.78, 5) is 26.9. The molecule has 1 aliphatic rings. The summed E-state index contributed by atoms with van der Waals surface area (Å²) in [6, 6.07) is 11.8. The van der Waals surface area contributed by atoms with Gasteiger partial charge < -0.3 is 9.88 Å². The number of pyridine rings is 1. The fourth-order valence-electron chi connectivity index (χ4n) is 3.29. The van der Waals surface area contributed by atoms with Crippen LogP contribution in [0.25, 0.3) is 0 Å². The first-order chi connectivity index (χ1) is 11.9. The van der Waals surface area contributed by atoms with Gasteiger partial charge in [-0.3, -0.25) is 14.5 Å². The molecule has 0 aliphatic carbocycles. The number of hydrogen-bond acceptors (Lipinski definition) is 3. The number of fused-ring (bicyclic) bond motifs is 1. The van der Waals surface area contributed by atoms with E-state index in [4.69, 9.17) is 0 Å². The van der Waals surface area contributed by atoms with E-state index in [0.717, 1.165) is 19.5 Å². The van der Waals surface area contributed by atoms with E-state index in [-0.39, 0.29) is 22.6 Å². The van der Waals surface area contributed by atoms with Crippen LogP contribution in [0.15, 0.2) is 47.4 Å². The zero-order valence-corrected chi connectivity index (χ0v) is 15.1. The molecule has 132 valence electrons. The summed E-state index contributed by atoms with van der Waals surface area (Å²) in [6.07, 6.45) is 2.67. The molecular formula is C20H25N3O2. The Labute approximate surface area is 148 Å². The fourth-order valence-corrected chi connectivity index (χ4v) is 3.29. The average molecular weight is 339 g/mol. The lowest BCUT2D eigenvalue weighted by Gasteiger charge is -2.41. The molecule has 0 radical (unpaired) electrons. The van der Waals surface area contributed by atoms with Gasteiger partial charge in [-0.25, -0.2) is 0 Å². The average Bonchev–Trinajstić information content (AvgIpc) is 2.61. The number of rotatable bonds is 4. The molecule has 1 amide bonds. The zero-order chi connectivity index (χ0) is 18.0. The molecule has 1 aromatic heterocycles. The van der Waals surface area contributed by atoms with Gasteiger partial charge in [0.1, 0.15) is 5.56 Å². The van der Waals surface area contributed by atoms with Gasteiger partial charge in [0.25, 0.3) is 11.5 Å². The molecule has 5 heteroatoms. The Kier molecular flexibility index (Phi) is 4.77. The predicted octanol–water partition coefficient (Wildman–Crippen LogP) is 1.95. The second-order valence-electron chi connectivity index (χ2n) is 7.27. The van der Waals surface area contributed by atoms with E-state index in [2.05, 4.69) is 48.3 Å². The third-order valence-corrected chi connectivity index (χ3v) is 5.04. The van der Waals surface area contributed by atoms with Crippen LogP contribution in [0.3, 0.4) is 0 Å². The van der Waals surface area contributed by atoms with Crippen molar-refractivity contribution in [2.45, 2.75) is 32.4 Å². The maximum absolute atomic E-state index is 12.4. The Bertz CT molecular complexity index is 839. The highest BCUT2D eigenvalue weighted by Crippen LogP contribution is 2.24. The van der Waals surface area contributed by atoms with Gasteiger partial charge in [0.05, 0.1) is 0 Å². The molecule has 0 bridgehead atoms. The number of carbonyl (C=O) groups is 1. The van der Waals surface area contributed by atoms with Crippen LogP contribution in [0.2, 0.25) is 0 Å². The van der Waals surface area contributed by atoms with Crippen molar-refractivity contribution in [2.24, 2.45) is 7.05 Å². The van der Waals surface area contributed by atoms with Crippen molar-refractivity contribution in [1.29, 1.82) is 0 Å². The standard InChI is InChI=1S/C20H25N3O2/c1-20(2,23-12-10-15-7-4-5-8-16(15)13-23)14-21-18(24)17-9-6-11-22(3)19(17)25/h4-9,11H,10,12-14H2,1-3H3,(H,21,24). The first-order valence-electron chi connectivity index (χ1n) is 8.64. The number of nitrogens with one attached hydrogen (secondary N) is 1. The Morgan fingerprint density at radius 1 is 1.16 bits per heavy atom. The van der Waals surface area contributed by atoms with Crippen LogP contribution < -0.4 is 10.9 Å². The number of hydrogen-bond donors (Lipinski definition) is 1. The number of amides is 1. The summed E-state index contributed by atoms with van der Waals surface area (Å²) in [6.45, 7) is 6.60. The van der Waals surface area contributed by atoms with Crippen molar-refractivity contribution in [1.82, 2.24) is 14.8 Å². The molecule has 1 N–H and O–H groups in total. The maximum Gasteiger partial charge on any atom is 0.263 e. The molecule has 0 saturated carbocycles. The minimum atomic E-state index is -0.313. The van der Waals surface area contributed by atoms with Crippen molar-refractivity contribution in [2.75, 3.05) is 13.1 Å². The highest BCUT2D eigenvalue weighted by molar-refractivity contribution is 5.93. The SMILES string of the molecule is Cn1cccc(C(=O)NCC(C)(C)N2CCc3ccccc3C2)c1=O. The van der Waals surface area contributed by atoms with E-state index in [1.54, 1.807) is 25.4 Å². The van der Waals surface area contributed by atoms with Crippen molar-refractivity contribution < 1.29 is 4.79 Å². The van der Waals surface area contributed by atoms with E-state index in [1.807, 2.05) is 0 Å². The molecule has 1 aliphatic heterocycles. The highest BCUT2D eigenvalue weighted by atomic mass is 16.2. The zero-order valence-electron chi connectivity index (χ0n) is 15.1. The monoisotopic (exact) mass is 339 g/mol. The van der Waals surface area contributed by atoms with Gasteiger partial charge in [-0.15, -0.1) is 0 Å². The molecule has 2 aromatic rings. The maximum atomic E-state index is 12.4. The molecule has 2 heterocycles. The molecule has 25 heavy (non-hydrogen) atoms. The molecular weight excluding hydrogens is 314 g/mol. The molecule has 0 atom stereocenters. The van der Waals surface area contributed by atoms with E-state index in [1.165, 1.54) is 15.7 Å². The predicted molar refractivity (Wildman–Crippen MR) is 98.7 cm³/mol. The Morgan fingerprint density at radius 3 is 2.64 bits per heavy atom. The molecule has 5 nitrogen and oxygen atoms in total. The Hall–Kier alpha value is -2.40. The summed E-state index contributed by atoms with van der Waals surface area (Å²) < 4.78 is 1.42. The summed E-state index contributed by atoms with van der Waals surface area (Å²) >= 11 is 0. The van der Waals surface area contributed by atoms with E-state index in [0.29, 0.717) is 6.54 Å². The number of benzene rings is 1. The van der Waals surface area contributed by atoms with Crippen LogP contribution in [-0.4, -0.2) is 34.0 Å². The van der Waals surface area contributed by atoms with E-state index < -0.39 is 0 Å². The third-order valence-electron chi connectivity index (χ3n) is 5.04. The van der Waals surface area contributed by atoms with Crippen LogP contribution in [0, 0.1) is 0 Å². The topological polar surface area (TPSA) is 54.3 Å². The van der Waals surface area contributed by atoms with Crippen LogP contribution in [-0.2, 0) is 20.0 Å². The van der Waals surface area contributed by atoms with Crippen LogP contribution in [0.4, 0.5) is 0 Å². The van der Waals surface area contributed by atoms with Crippen LogP contribution >= 0.6 is 0 Å². The van der Waals surface area contributed by atoms with Gasteiger partial charge in [0.2, 0.25) is 0 Å². The second-order valence-corrected chi connectivity index (χ2v) is 7.27. The first kappa shape index (κ1) is 17.4. The highest BCUT2D eigenvalue weighted by Gasteiger charge is 2.30. The molecule has 0 fully saturated rings. The first-order valence-corrected chi connectivity index (χ1v) is 8.64. The summed E-state index contributed by atoms with van der Waals surface area (Å²) in [5, 5.41) is 2.93. The number of nitrogens with zero attached hydrogens (tertiary/aromatic N) is 2. The van der Waals surface area contributed by atoms with E-state index >= 15 is 0 Å². The van der Waals surface area contributed by atoms with Gasteiger partial charge in [0, 0.05) is 38.4 Å². The van der Waals surface area contributed by atoms with Crippen molar-refractivity contribution >= 4 is 5.91 Å². The van der Waals surface area contributed by atoms with E-state index in [9.17, 15) is 9.59 Å². The summed E-state index contributed by atoms with van der Waals surface area (Å²) in [5.74, 6) is -0.313. The quantitative estimate of drug-likeness (QED) is 0.926. The van der Waals surface area contributed by atoms with Gasteiger partial charge in [-0.2, -0.15) is 0 Å². The minimum Gasteiger partial charge on any atom is -0.350 e. The molecule has 3 rings (SSSR count). The summed E-state index contributed by atoms with van der Waals surface area (Å²) in [7, 11) is 1.65. The van der Waals surface area contributed by atoms with Gasteiger partial charge in [-0.1, -0.05) is 24.3 Å². The van der Waals surface area contributed by atoms with Crippen molar-refractivity contribution in [3.63, 3.8) is 0 Å². The van der Waals surface area contributed by atoms with Crippen molar-refractivity contribution in [3.8, 4) is 0 Å². The van der Waals surface area contributed by atoms with Crippen LogP contribution in [0.1, 0.15) is 35.3 Å². The normalized spacial score (nSPS) is 14.8. The molecule has 0 spiro atoms. The molecule has 0 unspecified atom stereocenters. The number of aromatic nitrogens is 1. The number of aryl methyl sites for hydroxylation is 1. The van der Waals surface area contributed by atoms with Crippen LogP contribution in [0.5, 0.6) is 0 Å². The Balaban J connectivity index is 1.67. The van der Waals surface area contributed by atoms with Gasteiger partial charge >= 0.3 is 0 Å². The van der Waals surface area contributed by atoms with Gasteiger partial charge in [0.15, 0.2) is 0 Å². The molecule has 1 aromatic carbocycles. The third kappa shape index (κ3) is 3.66. The smallest absolute Gasteiger partial charge is 0.263 e. The lowest BCUT2D eigenvalue weighted by atomic mass is 9.94.